The van der Waals surface area contributed by atoms with Crippen LogP contribution >= 0.6 is 34.7 Å². The minimum atomic E-state index is -0.539. The lowest BCUT2D eigenvalue weighted by atomic mass is 10.0. The van der Waals surface area contributed by atoms with Crippen LogP contribution in [0.5, 0.6) is 0 Å². The zero-order chi connectivity index (χ0) is 24.1. The molecule has 0 saturated heterocycles. The Morgan fingerprint density at radius 2 is 2.09 bits per heavy atom. The standard InChI is InChI=1S/C23H19ClN4O4S2/c1-3-10-28-20(17-5-4-11-32-17)26-27-23(28)34-13-18(29)25-21-19(22(30)31-2)16(12-33-21)14-6-8-15(24)9-7-14/h3-9,11-12H,1,10,13H2,2H3,(H,25,29). The molecule has 0 unspecified atom stereocenters. The molecule has 0 aliphatic carbocycles. The monoisotopic (exact) mass is 514 g/mol. The van der Waals surface area contributed by atoms with Crippen LogP contribution in [0.1, 0.15) is 10.4 Å². The molecule has 4 aromatic rings. The number of halogens is 1. The van der Waals surface area contributed by atoms with Crippen LogP contribution < -0.4 is 5.32 Å². The molecule has 0 fully saturated rings. The number of rotatable bonds is 9. The number of ether oxygens (including phenoxy) is 1. The summed E-state index contributed by atoms with van der Waals surface area (Å²) in [6.07, 6.45) is 3.27. The summed E-state index contributed by atoms with van der Waals surface area (Å²) in [5.41, 5.74) is 1.74. The summed E-state index contributed by atoms with van der Waals surface area (Å²) in [5.74, 6) is 0.339. The Morgan fingerprint density at radius 3 is 2.76 bits per heavy atom. The number of carbonyl (C=O) groups is 2. The van der Waals surface area contributed by atoms with Gasteiger partial charge in [0.05, 0.1) is 19.1 Å². The van der Waals surface area contributed by atoms with E-state index in [-0.39, 0.29) is 11.7 Å². The van der Waals surface area contributed by atoms with Crippen LogP contribution in [0.2, 0.25) is 5.02 Å². The number of amides is 1. The maximum Gasteiger partial charge on any atom is 0.341 e. The maximum atomic E-state index is 12.8. The van der Waals surface area contributed by atoms with Gasteiger partial charge in [-0.15, -0.1) is 28.1 Å². The molecular formula is C23H19ClN4O4S2. The molecule has 3 heterocycles. The molecule has 0 radical (unpaired) electrons. The summed E-state index contributed by atoms with van der Waals surface area (Å²) < 4.78 is 12.2. The first kappa shape index (κ1) is 23.8. The van der Waals surface area contributed by atoms with Crippen LogP contribution in [0, 0.1) is 0 Å². The predicted octanol–water partition coefficient (Wildman–Crippen LogP) is 5.62. The zero-order valence-electron chi connectivity index (χ0n) is 18.0. The molecule has 0 atom stereocenters. The van der Waals surface area contributed by atoms with Crippen molar-refractivity contribution in [3.05, 3.63) is 71.3 Å². The first-order valence-electron chi connectivity index (χ1n) is 9.98. The molecular weight excluding hydrogens is 496 g/mol. The molecule has 1 aromatic carbocycles. The highest BCUT2D eigenvalue weighted by Crippen LogP contribution is 2.37. The Hall–Kier alpha value is -3.34. The first-order chi connectivity index (χ1) is 16.5. The van der Waals surface area contributed by atoms with Crippen molar-refractivity contribution in [3.8, 4) is 22.7 Å². The minimum absolute atomic E-state index is 0.0578. The third-order valence-corrected chi connectivity index (χ3v) is 6.81. The lowest BCUT2D eigenvalue weighted by Gasteiger charge is -2.08. The molecule has 11 heteroatoms. The van der Waals surface area contributed by atoms with Crippen molar-refractivity contribution < 1.29 is 18.7 Å². The number of methoxy groups -OCH3 is 1. The van der Waals surface area contributed by atoms with Crippen molar-refractivity contribution in [3.63, 3.8) is 0 Å². The Bertz CT molecular complexity index is 1310. The molecule has 0 spiro atoms. The van der Waals surface area contributed by atoms with Crippen molar-refractivity contribution in [2.75, 3.05) is 18.2 Å². The third kappa shape index (κ3) is 5.09. The Balaban J connectivity index is 1.51. The second-order valence-corrected chi connectivity index (χ2v) is 9.13. The van der Waals surface area contributed by atoms with E-state index < -0.39 is 5.97 Å². The van der Waals surface area contributed by atoms with Crippen LogP contribution in [-0.4, -0.2) is 39.5 Å². The number of hydrogen-bond acceptors (Lipinski definition) is 8. The van der Waals surface area contributed by atoms with E-state index in [1.807, 2.05) is 4.57 Å². The summed E-state index contributed by atoms with van der Waals surface area (Å²) in [4.78, 5) is 25.3. The van der Waals surface area contributed by atoms with Gasteiger partial charge in [-0.05, 0) is 29.8 Å². The van der Waals surface area contributed by atoms with Crippen molar-refractivity contribution in [2.24, 2.45) is 0 Å². The highest BCUT2D eigenvalue weighted by molar-refractivity contribution is 7.99. The topological polar surface area (TPSA) is 99.2 Å². The van der Waals surface area contributed by atoms with E-state index >= 15 is 0 Å². The Kier molecular flexibility index (Phi) is 7.51. The van der Waals surface area contributed by atoms with Crippen LogP contribution in [0.4, 0.5) is 5.00 Å². The second kappa shape index (κ2) is 10.7. The quantitative estimate of drug-likeness (QED) is 0.176. The van der Waals surface area contributed by atoms with Gasteiger partial charge in [0, 0.05) is 22.5 Å². The molecule has 4 rings (SSSR count). The van der Waals surface area contributed by atoms with Gasteiger partial charge >= 0.3 is 5.97 Å². The van der Waals surface area contributed by atoms with Gasteiger partial charge in [0.2, 0.25) is 11.7 Å². The summed E-state index contributed by atoms with van der Waals surface area (Å²) in [6.45, 7) is 4.22. The Morgan fingerprint density at radius 1 is 1.29 bits per heavy atom. The van der Waals surface area contributed by atoms with Gasteiger partial charge in [-0.3, -0.25) is 9.36 Å². The van der Waals surface area contributed by atoms with Gasteiger partial charge < -0.3 is 14.5 Å². The summed E-state index contributed by atoms with van der Waals surface area (Å²) in [6, 6.07) is 10.6. The van der Waals surface area contributed by atoms with Crippen molar-refractivity contribution in [1.29, 1.82) is 0 Å². The van der Waals surface area contributed by atoms with Crippen LogP contribution in [0.15, 0.2) is 70.3 Å². The number of aromatic nitrogens is 3. The Labute approximate surface area is 208 Å². The number of thiophene rings is 1. The van der Waals surface area contributed by atoms with Gasteiger partial charge in [-0.25, -0.2) is 4.79 Å². The summed E-state index contributed by atoms with van der Waals surface area (Å²) in [5, 5.41) is 14.5. The lowest BCUT2D eigenvalue weighted by Crippen LogP contribution is -2.16. The highest BCUT2D eigenvalue weighted by Gasteiger charge is 2.23. The van der Waals surface area contributed by atoms with E-state index in [9.17, 15) is 9.59 Å². The number of hydrogen-bond donors (Lipinski definition) is 1. The lowest BCUT2D eigenvalue weighted by molar-refractivity contribution is -0.113. The number of benzene rings is 1. The van der Waals surface area contributed by atoms with E-state index in [0.717, 1.165) is 5.56 Å². The molecule has 174 valence electrons. The van der Waals surface area contributed by atoms with Gasteiger partial charge in [-0.1, -0.05) is 41.6 Å². The van der Waals surface area contributed by atoms with Crippen molar-refractivity contribution >= 4 is 51.6 Å². The third-order valence-electron chi connectivity index (χ3n) is 4.69. The number of esters is 1. The molecule has 0 aliphatic rings. The molecule has 0 bridgehead atoms. The van der Waals surface area contributed by atoms with E-state index in [0.29, 0.717) is 44.4 Å². The van der Waals surface area contributed by atoms with Crippen LogP contribution in [0.3, 0.4) is 0 Å². The fraction of sp³-hybridized carbons (Fsp3) is 0.130. The van der Waals surface area contributed by atoms with Crippen molar-refractivity contribution in [2.45, 2.75) is 11.7 Å². The van der Waals surface area contributed by atoms with Crippen molar-refractivity contribution in [1.82, 2.24) is 14.8 Å². The molecule has 3 aromatic heterocycles. The normalized spacial score (nSPS) is 10.8. The molecule has 8 nitrogen and oxygen atoms in total. The second-order valence-electron chi connectivity index (χ2n) is 6.87. The number of carbonyl (C=O) groups excluding carboxylic acids is 2. The predicted molar refractivity (Wildman–Crippen MR) is 133 cm³/mol. The first-order valence-corrected chi connectivity index (χ1v) is 12.2. The van der Waals surface area contributed by atoms with E-state index in [1.54, 1.807) is 54.1 Å². The average Bonchev–Trinajstić information content (AvgIpc) is 3.58. The molecule has 0 saturated carbocycles. The largest absolute Gasteiger partial charge is 0.465 e. The highest BCUT2D eigenvalue weighted by atomic mass is 35.5. The number of thioether (sulfide) groups is 1. The maximum absolute atomic E-state index is 12.8. The number of furan rings is 1. The fourth-order valence-corrected chi connectivity index (χ4v) is 5.01. The SMILES string of the molecule is C=CCn1c(SCC(=O)Nc2scc(-c3ccc(Cl)cc3)c2C(=O)OC)nnc1-c1ccco1. The zero-order valence-corrected chi connectivity index (χ0v) is 20.4. The molecule has 34 heavy (non-hydrogen) atoms. The van der Waals surface area contributed by atoms with E-state index in [4.69, 9.17) is 20.8 Å². The number of nitrogens with one attached hydrogen (secondary N) is 1. The molecule has 0 aliphatic heterocycles. The van der Waals surface area contributed by atoms with E-state index in [2.05, 4.69) is 22.1 Å². The summed E-state index contributed by atoms with van der Waals surface area (Å²) >= 11 is 8.45. The minimum Gasteiger partial charge on any atom is -0.465 e. The smallest absolute Gasteiger partial charge is 0.341 e. The van der Waals surface area contributed by atoms with E-state index in [1.165, 1.54) is 30.2 Å². The van der Waals surface area contributed by atoms with Gasteiger partial charge in [-0.2, -0.15) is 0 Å². The van der Waals surface area contributed by atoms with Gasteiger partial charge in [0.25, 0.3) is 0 Å². The van der Waals surface area contributed by atoms with Crippen LogP contribution in [0.25, 0.3) is 22.7 Å². The summed E-state index contributed by atoms with van der Waals surface area (Å²) in [7, 11) is 1.30. The number of allylic oxidation sites excluding steroid dienone is 1. The fourth-order valence-electron chi connectivity index (χ4n) is 3.17. The van der Waals surface area contributed by atoms with Gasteiger partial charge in [0.1, 0.15) is 10.6 Å². The number of nitrogens with zero attached hydrogens (tertiary/aromatic N) is 3. The average molecular weight is 515 g/mol. The van der Waals surface area contributed by atoms with Crippen LogP contribution in [-0.2, 0) is 16.1 Å². The molecule has 1 N–H and O–H groups in total. The van der Waals surface area contributed by atoms with Gasteiger partial charge in [0.15, 0.2) is 10.9 Å². The number of anilines is 1. The molecule has 1 amide bonds.